The zero-order valence-electron chi connectivity index (χ0n) is 12.1. The molecule has 0 saturated heterocycles. The Kier molecular flexibility index (Phi) is 3.44. The van der Waals surface area contributed by atoms with Crippen LogP contribution in [0.3, 0.4) is 0 Å². The van der Waals surface area contributed by atoms with Gasteiger partial charge in [0.15, 0.2) is 5.69 Å². The maximum absolute atomic E-state index is 10.4. The minimum Gasteiger partial charge on any atom is -0.493 e. The van der Waals surface area contributed by atoms with Gasteiger partial charge in [0.25, 0.3) is 0 Å². The second kappa shape index (κ2) is 5.40. The summed E-state index contributed by atoms with van der Waals surface area (Å²) in [5.41, 5.74) is 3.40. The Morgan fingerprint density at radius 3 is 2.62 bits per heavy atom. The third-order valence-electron chi connectivity index (χ3n) is 3.50. The van der Waals surface area contributed by atoms with Crippen LogP contribution in [0.2, 0.25) is 0 Å². The standard InChI is InChI=1S/C17H17N3O/c1-3-20-15-10-5-4-9-14(15)16(17(20)21)19-18-13-8-6-7-12(2)11-13/h4-11,21H,3H2,1-2H3. The number of aryl methyl sites for hydroxylation is 2. The van der Waals surface area contributed by atoms with Gasteiger partial charge in [-0.15, -0.1) is 5.11 Å². The molecule has 2 aromatic carbocycles. The smallest absolute Gasteiger partial charge is 0.220 e. The van der Waals surface area contributed by atoms with Gasteiger partial charge in [0.1, 0.15) is 0 Å². The number of fused-ring (bicyclic) bond motifs is 1. The van der Waals surface area contributed by atoms with E-state index in [0.717, 1.165) is 22.2 Å². The van der Waals surface area contributed by atoms with Crippen molar-refractivity contribution >= 4 is 22.3 Å². The summed E-state index contributed by atoms with van der Waals surface area (Å²) in [6.45, 7) is 4.69. The molecule has 0 aliphatic carbocycles. The molecule has 0 atom stereocenters. The van der Waals surface area contributed by atoms with Crippen LogP contribution in [0.25, 0.3) is 10.9 Å². The number of nitrogens with zero attached hydrogens (tertiary/aromatic N) is 3. The Balaban J connectivity index is 2.10. The van der Waals surface area contributed by atoms with Gasteiger partial charge in [-0.2, -0.15) is 5.11 Å². The van der Waals surface area contributed by atoms with Crippen LogP contribution in [0.5, 0.6) is 5.88 Å². The van der Waals surface area contributed by atoms with E-state index in [0.29, 0.717) is 12.2 Å². The van der Waals surface area contributed by atoms with Gasteiger partial charge in [0.05, 0.1) is 11.2 Å². The zero-order valence-corrected chi connectivity index (χ0v) is 12.1. The van der Waals surface area contributed by atoms with E-state index < -0.39 is 0 Å². The van der Waals surface area contributed by atoms with Crippen molar-refractivity contribution in [2.75, 3.05) is 0 Å². The van der Waals surface area contributed by atoms with Crippen LogP contribution >= 0.6 is 0 Å². The third kappa shape index (κ3) is 2.40. The topological polar surface area (TPSA) is 49.9 Å². The second-order valence-electron chi connectivity index (χ2n) is 4.97. The Morgan fingerprint density at radius 1 is 1.05 bits per heavy atom. The molecule has 4 heteroatoms. The summed E-state index contributed by atoms with van der Waals surface area (Å²) in [4.78, 5) is 0. The summed E-state index contributed by atoms with van der Waals surface area (Å²) in [5, 5.41) is 19.8. The molecule has 0 amide bonds. The summed E-state index contributed by atoms with van der Waals surface area (Å²) in [6.07, 6.45) is 0. The molecule has 0 fully saturated rings. The SMILES string of the molecule is CCn1c(O)c(N=Nc2cccc(C)c2)c2ccccc21. The van der Waals surface area contributed by atoms with E-state index in [1.807, 2.05) is 66.9 Å². The van der Waals surface area contributed by atoms with Gasteiger partial charge >= 0.3 is 0 Å². The molecule has 0 aliphatic rings. The van der Waals surface area contributed by atoms with Crippen molar-refractivity contribution in [1.29, 1.82) is 0 Å². The molecular formula is C17H17N3O. The number of hydrogen-bond acceptors (Lipinski definition) is 3. The van der Waals surface area contributed by atoms with E-state index in [1.165, 1.54) is 0 Å². The molecule has 0 radical (unpaired) electrons. The second-order valence-corrected chi connectivity index (χ2v) is 4.97. The van der Waals surface area contributed by atoms with Gasteiger partial charge in [-0.3, -0.25) is 0 Å². The highest BCUT2D eigenvalue weighted by Gasteiger charge is 2.14. The summed E-state index contributed by atoms with van der Waals surface area (Å²) in [6, 6.07) is 15.6. The van der Waals surface area contributed by atoms with Gasteiger partial charge in [-0.1, -0.05) is 30.3 Å². The van der Waals surface area contributed by atoms with E-state index in [-0.39, 0.29) is 5.88 Å². The Bertz CT molecular complexity index is 818. The van der Waals surface area contributed by atoms with Crippen molar-refractivity contribution in [3.05, 3.63) is 54.1 Å². The van der Waals surface area contributed by atoms with Crippen LogP contribution in [-0.4, -0.2) is 9.67 Å². The Morgan fingerprint density at radius 2 is 1.86 bits per heavy atom. The van der Waals surface area contributed by atoms with Crippen molar-refractivity contribution in [3.63, 3.8) is 0 Å². The average molecular weight is 279 g/mol. The van der Waals surface area contributed by atoms with E-state index >= 15 is 0 Å². The molecule has 0 saturated carbocycles. The first-order chi connectivity index (χ1) is 10.2. The van der Waals surface area contributed by atoms with E-state index in [4.69, 9.17) is 0 Å². The molecule has 3 rings (SSSR count). The first-order valence-electron chi connectivity index (χ1n) is 6.99. The van der Waals surface area contributed by atoms with Crippen molar-refractivity contribution in [1.82, 2.24) is 4.57 Å². The number of aromatic nitrogens is 1. The van der Waals surface area contributed by atoms with Gasteiger partial charge in [-0.05, 0) is 37.6 Å². The largest absolute Gasteiger partial charge is 0.493 e. The van der Waals surface area contributed by atoms with Crippen molar-refractivity contribution in [2.24, 2.45) is 10.2 Å². The Hall–Kier alpha value is -2.62. The molecule has 1 N–H and O–H groups in total. The highest BCUT2D eigenvalue weighted by atomic mass is 16.3. The van der Waals surface area contributed by atoms with Gasteiger partial charge in [0.2, 0.25) is 5.88 Å². The van der Waals surface area contributed by atoms with E-state index in [2.05, 4.69) is 10.2 Å². The maximum Gasteiger partial charge on any atom is 0.220 e. The van der Waals surface area contributed by atoms with Crippen LogP contribution < -0.4 is 0 Å². The van der Waals surface area contributed by atoms with Crippen LogP contribution in [0, 0.1) is 6.92 Å². The summed E-state index contributed by atoms with van der Waals surface area (Å²) < 4.78 is 1.83. The first-order valence-corrected chi connectivity index (χ1v) is 6.99. The number of para-hydroxylation sites is 1. The molecule has 106 valence electrons. The van der Waals surface area contributed by atoms with Gasteiger partial charge in [0, 0.05) is 11.9 Å². The fraction of sp³-hybridized carbons (Fsp3) is 0.176. The molecule has 3 aromatic rings. The molecule has 0 bridgehead atoms. The van der Waals surface area contributed by atoms with Crippen molar-refractivity contribution in [2.45, 2.75) is 20.4 Å². The molecule has 1 aromatic heterocycles. The average Bonchev–Trinajstić information content (AvgIpc) is 2.76. The molecular weight excluding hydrogens is 262 g/mol. The molecule has 4 nitrogen and oxygen atoms in total. The normalized spacial score (nSPS) is 11.5. The zero-order chi connectivity index (χ0) is 14.8. The van der Waals surface area contributed by atoms with Gasteiger partial charge < -0.3 is 9.67 Å². The number of rotatable bonds is 3. The maximum atomic E-state index is 10.4. The summed E-state index contributed by atoms with van der Waals surface area (Å²) in [7, 11) is 0. The summed E-state index contributed by atoms with van der Waals surface area (Å²) >= 11 is 0. The number of benzene rings is 2. The van der Waals surface area contributed by atoms with Crippen LogP contribution in [0.1, 0.15) is 12.5 Å². The number of aromatic hydroxyl groups is 1. The molecule has 21 heavy (non-hydrogen) atoms. The highest BCUT2D eigenvalue weighted by molar-refractivity contribution is 5.94. The lowest BCUT2D eigenvalue weighted by atomic mass is 10.2. The predicted octanol–water partition coefficient (Wildman–Crippen LogP) is 5.09. The molecule has 1 heterocycles. The Labute approximate surface area is 123 Å². The summed E-state index contributed by atoms with van der Waals surface area (Å²) in [5.74, 6) is 0.162. The van der Waals surface area contributed by atoms with Gasteiger partial charge in [-0.25, -0.2) is 0 Å². The van der Waals surface area contributed by atoms with Crippen LogP contribution in [0.4, 0.5) is 11.4 Å². The third-order valence-corrected chi connectivity index (χ3v) is 3.50. The minimum absolute atomic E-state index is 0.162. The minimum atomic E-state index is 0.162. The monoisotopic (exact) mass is 279 g/mol. The number of azo groups is 1. The fourth-order valence-corrected chi connectivity index (χ4v) is 2.49. The lowest BCUT2D eigenvalue weighted by molar-refractivity contribution is 0.427. The quantitative estimate of drug-likeness (QED) is 0.667. The highest BCUT2D eigenvalue weighted by Crippen LogP contribution is 2.39. The van der Waals surface area contributed by atoms with Crippen molar-refractivity contribution < 1.29 is 5.11 Å². The first kappa shape index (κ1) is 13.4. The molecule has 0 aliphatic heterocycles. The predicted molar refractivity (Wildman–Crippen MR) is 84.6 cm³/mol. The lowest BCUT2D eigenvalue weighted by Gasteiger charge is -2.00. The van der Waals surface area contributed by atoms with Crippen LogP contribution in [-0.2, 0) is 6.54 Å². The van der Waals surface area contributed by atoms with E-state index in [9.17, 15) is 5.11 Å². The number of hydrogen-bond donors (Lipinski definition) is 1. The lowest BCUT2D eigenvalue weighted by Crippen LogP contribution is -1.91. The van der Waals surface area contributed by atoms with Crippen molar-refractivity contribution in [3.8, 4) is 5.88 Å². The molecule has 0 spiro atoms. The fourth-order valence-electron chi connectivity index (χ4n) is 2.49. The van der Waals surface area contributed by atoms with Crippen LogP contribution in [0.15, 0.2) is 58.8 Å². The molecule has 0 unspecified atom stereocenters. The van der Waals surface area contributed by atoms with E-state index in [1.54, 1.807) is 0 Å².